The van der Waals surface area contributed by atoms with Gasteiger partial charge in [0.1, 0.15) is 0 Å². The van der Waals surface area contributed by atoms with Crippen LogP contribution < -0.4 is 10.6 Å². The fraction of sp³-hybridized carbons (Fsp3) is 0.500. The lowest BCUT2D eigenvalue weighted by Gasteiger charge is -2.19. The highest BCUT2D eigenvalue weighted by molar-refractivity contribution is 6.30. The summed E-state index contributed by atoms with van der Waals surface area (Å²) in [7, 11) is 0. The molecule has 15 heavy (non-hydrogen) atoms. The molecule has 0 bridgehead atoms. The number of hydrogen-bond donors (Lipinski definition) is 2. The maximum absolute atomic E-state index is 5.97. The Morgan fingerprint density at radius 3 is 3.07 bits per heavy atom. The molecule has 2 N–H and O–H groups in total. The molecule has 1 aliphatic rings. The van der Waals surface area contributed by atoms with Crippen LogP contribution in [0.25, 0.3) is 0 Å². The van der Waals surface area contributed by atoms with Gasteiger partial charge in [-0.3, -0.25) is 0 Å². The number of benzene rings is 1. The standard InChI is InChI=1S/C12H17ClN2/c1-9(15-12-5-6-14-8-12)10-3-2-4-11(13)7-10/h2-4,7,9,12,14-15H,5-6,8H2,1H3. The summed E-state index contributed by atoms with van der Waals surface area (Å²) < 4.78 is 0. The fourth-order valence-corrected chi connectivity index (χ4v) is 2.22. The summed E-state index contributed by atoms with van der Waals surface area (Å²) >= 11 is 5.97. The van der Waals surface area contributed by atoms with E-state index in [0.717, 1.165) is 18.1 Å². The molecule has 1 saturated heterocycles. The average molecular weight is 225 g/mol. The molecule has 1 aliphatic heterocycles. The first-order valence-electron chi connectivity index (χ1n) is 5.48. The fourth-order valence-electron chi connectivity index (χ4n) is 2.02. The van der Waals surface area contributed by atoms with Gasteiger partial charge in [0, 0.05) is 23.7 Å². The summed E-state index contributed by atoms with van der Waals surface area (Å²) in [5, 5.41) is 7.76. The van der Waals surface area contributed by atoms with E-state index < -0.39 is 0 Å². The Hall–Kier alpha value is -0.570. The molecule has 1 fully saturated rings. The number of nitrogens with one attached hydrogen (secondary N) is 2. The van der Waals surface area contributed by atoms with Crippen LogP contribution in [0.4, 0.5) is 0 Å². The molecule has 3 heteroatoms. The molecule has 0 aromatic heterocycles. The van der Waals surface area contributed by atoms with E-state index in [1.165, 1.54) is 12.0 Å². The minimum atomic E-state index is 0.369. The second-order valence-corrected chi connectivity index (χ2v) is 4.57. The van der Waals surface area contributed by atoms with Crippen molar-refractivity contribution in [1.29, 1.82) is 0 Å². The largest absolute Gasteiger partial charge is 0.315 e. The van der Waals surface area contributed by atoms with Crippen LogP contribution >= 0.6 is 11.6 Å². The molecule has 2 rings (SSSR count). The van der Waals surface area contributed by atoms with Crippen molar-refractivity contribution in [3.63, 3.8) is 0 Å². The maximum Gasteiger partial charge on any atom is 0.0409 e. The van der Waals surface area contributed by atoms with Crippen molar-refractivity contribution in [2.75, 3.05) is 13.1 Å². The van der Waals surface area contributed by atoms with Crippen LogP contribution in [0.3, 0.4) is 0 Å². The Morgan fingerprint density at radius 1 is 1.53 bits per heavy atom. The molecular formula is C12H17ClN2. The zero-order valence-corrected chi connectivity index (χ0v) is 9.72. The predicted molar refractivity (Wildman–Crippen MR) is 64.3 cm³/mol. The van der Waals surface area contributed by atoms with Gasteiger partial charge in [0.05, 0.1) is 0 Å². The van der Waals surface area contributed by atoms with Gasteiger partial charge in [-0.15, -0.1) is 0 Å². The van der Waals surface area contributed by atoms with Gasteiger partial charge in [0.25, 0.3) is 0 Å². The van der Waals surface area contributed by atoms with Crippen molar-refractivity contribution in [3.8, 4) is 0 Å². The second-order valence-electron chi connectivity index (χ2n) is 4.13. The summed E-state index contributed by atoms with van der Waals surface area (Å²) in [4.78, 5) is 0. The van der Waals surface area contributed by atoms with Crippen LogP contribution in [0.1, 0.15) is 24.9 Å². The molecular weight excluding hydrogens is 208 g/mol. The molecule has 2 atom stereocenters. The molecule has 1 aromatic carbocycles. The molecule has 1 heterocycles. The maximum atomic E-state index is 5.97. The van der Waals surface area contributed by atoms with Crippen molar-refractivity contribution >= 4 is 11.6 Å². The Labute approximate surface area is 96.0 Å². The normalized spacial score (nSPS) is 22.9. The summed E-state index contributed by atoms with van der Waals surface area (Å²) in [6, 6.07) is 9.03. The van der Waals surface area contributed by atoms with Crippen LogP contribution in [-0.4, -0.2) is 19.1 Å². The lowest BCUT2D eigenvalue weighted by molar-refractivity contribution is 0.478. The minimum absolute atomic E-state index is 0.369. The molecule has 0 spiro atoms. The highest BCUT2D eigenvalue weighted by Crippen LogP contribution is 2.18. The summed E-state index contributed by atoms with van der Waals surface area (Å²) in [5.41, 5.74) is 1.26. The molecule has 1 aromatic rings. The third-order valence-electron chi connectivity index (χ3n) is 2.89. The van der Waals surface area contributed by atoms with E-state index in [2.05, 4.69) is 23.6 Å². The zero-order valence-electron chi connectivity index (χ0n) is 8.96. The lowest BCUT2D eigenvalue weighted by atomic mass is 10.1. The molecule has 0 radical (unpaired) electrons. The summed E-state index contributed by atoms with van der Waals surface area (Å²) in [6.45, 7) is 4.38. The van der Waals surface area contributed by atoms with Gasteiger partial charge in [-0.25, -0.2) is 0 Å². The van der Waals surface area contributed by atoms with E-state index in [-0.39, 0.29) is 0 Å². The Kier molecular flexibility index (Phi) is 3.62. The van der Waals surface area contributed by atoms with Gasteiger partial charge in [-0.2, -0.15) is 0 Å². The first kappa shape index (κ1) is 10.9. The second kappa shape index (κ2) is 4.97. The van der Waals surface area contributed by atoms with Crippen LogP contribution in [0, 0.1) is 0 Å². The van der Waals surface area contributed by atoms with E-state index >= 15 is 0 Å². The molecule has 0 aliphatic carbocycles. The summed E-state index contributed by atoms with van der Waals surface area (Å²) in [6.07, 6.45) is 1.21. The van der Waals surface area contributed by atoms with Crippen LogP contribution in [-0.2, 0) is 0 Å². The Bertz CT molecular complexity index is 321. The first-order chi connectivity index (χ1) is 7.25. The molecule has 0 saturated carbocycles. The lowest BCUT2D eigenvalue weighted by Crippen LogP contribution is -2.33. The third kappa shape index (κ3) is 2.94. The Morgan fingerprint density at radius 2 is 2.40 bits per heavy atom. The highest BCUT2D eigenvalue weighted by Gasteiger charge is 2.16. The zero-order chi connectivity index (χ0) is 10.7. The molecule has 0 amide bonds. The van der Waals surface area contributed by atoms with E-state index in [9.17, 15) is 0 Å². The predicted octanol–water partition coefficient (Wildman–Crippen LogP) is 2.35. The van der Waals surface area contributed by atoms with Gasteiger partial charge in [0.15, 0.2) is 0 Å². The van der Waals surface area contributed by atoms with E-state index in [4.69, 9.17) is 11.6 Å². The Balaban J connectivity index is 1.97. The number of hydrogen-bond acceptors (Lipinski definition) is 2. The van der Waals surface area contributed by atoms with E-state index in [1.807, 2.05) is 18.2 Å². The number of halogens is 1. The monoisotopic (exact) mass is 224 g/mol. The van der Waals surface area contributed by atoms with Crippen molar-refractivity contribution in [2.45, 2.75) is 25.4 Å². The van der Waals surface area contributed by atoms with Crippen molar-refractivity contribution in [3.05, 3.63) is 34.9 Å². The van der Waals surface area contributed by atoms with Crippen LogP contribution in [0.2, 0.25) is 5.02 Å². The van der Waals surface area contributed by atoms with Crippen LogP contribution in [0.5, 0.6) is 0 Å². The van der Waals surface area contributed by atoms with Crippen molar-refractivity contribution in [2.24, 2.45) is 0 Å². The minimum Gasteiger partial charge on any atom is -0.315 e. The topological polar surface area (TPSA) is 24.1 Å². The van der Waals surface area contributed by atoms with Crippen LogP contribution in [0.15, 0.2) is 24.3 Å². The van der Waals surface area contributed by atoms with Gasteiger partial charge in [0.2, 0.25) is 0 Å². The molecule has 82 valence electrons. The SMILES string of the molecule is CC(NC1CCNC1)c1cccc(Cl)c1. The highest BCUT2D eigenvalue weighted by atomic mass is 35.5. The summed E-state index contributed by atoms with van der Waals surface area (Å²) in [5.74, 6) is 0. The van der Waals surface area contributed by atoms with Gasteiger partial charge < -0.3 is 10.6 Å². The van der Waals surface area contributed by atoms with Crippen molar-refractivity contribution in [1.82, 2.24) is 10.6 Å². The van der Waals surface area contributed by atoms with Crippen molar-refractivity contribution < 1.29 is 0 Å². The van der Waals surface area contributed by atoms with Gasteiger partial charge in [-0.05, 0) is 37.6 Å². The quantitative estimate of drug-likeness (QED) is 0.824. The molecule has 2 unspecified atom stereocenters. The average Bonchev–Trinajstić information content (AvgIpc) is 2.70. The van der Waals surface area contributed by atoms with E-state index in [0.29, 0.717) is 12.1 Å². The van der Waals surface area contributed by atoms with Gasteiger partial charge >= 0.3 is 0 Å². The third-order valence-corrected chi connectivity index (χ3v) is 3.13. The molecule has 2 nitrogen and oxygen atoms in total. The smallest absolute Gasteiger partial charge is 0.0409 e. The number of rotatable bonds is 3. The van der Waals surface area contributed by atoms with Gasteiger partial charge in [-0.1, -0.05) is 23.7 Å². The first-order valence-corrected chi connectivity index (χ1v) is 5.86. The van der Waals surface area contributed by atoms with E-state index in [1.54, 1.807) is 0 Å².